The van der Waals surface area contributed by atoms with E-state index < -0.39 is 23.5 Å². The lowest BCUT2D eigenvalue weighted by Crippen LogP contribution is -2.49. The van der Waals surface area contributed by atoms with Gasteiger partial charge in [0.25, 0.3) is 0 Å². The van der Waals surface area contributed by atoms with Crippen LogP contribution in [0, 0.1) is 12.3 Å². The Bertz CT molecular complexity index is 1020. The number of H-pyrrole nitrogens is 1. The summed E-state index contributed by atoms with van der Waals surface area (Å²) in [4.78, 5) is 23.9. The van der Waals surface area contributed by atoms with Crippen molar-refractivity contribution >= 4 is 33.4 Å². The second kappa shape index (κ2) is 6.03. The van der Waals surface area contributed by atoms with E-state index >= 15 is 0 Å². The number of nitrogens with two attached hydrogens (primary N) is 1. The number of rotatable bonds is 4. The van der Waals surface area contributed by atoms with Crippen molar-refractivity contribution in [2.75, 3.05) is 5.32 Å². The van der Waals surface area contributed by atoms with Gasteiger partial charge in [0.05, 0.1) is 17.2 Å². The molecule has 10 heteroatoms. The third-order valence-corrected chi connectivity index (χ3v) is 5.67. The van der Waals surface area contributed by atoms with Gasteiger partial charge in [-0.15, -0.1) is 11.3 Å². The maximum Gasteiger partial charge on any atom is 0.396 e. The summed E-state index contributed by atoms with van der Waals surface area (Å²) >= 11 is 1.13. The van der Waals surface area contributed by atoms with Crippen LogP contribution in [0.3, 0.4) is 0 Å². The number of hydrogen-bond donors (Lipinski definition) is 3. The number of nitrogens with zero attached hydrogens (tertiary/aromatic N) is 2. The molecule has 6 nitrogen and oxygen atoms in total. The number of fused-ring (bicyclic) bond motifs is 1. The first-order valence-electron chi connectivity index (χ1n) is 8.25. The molecule has 3 aromatic heterocycles. The van der Waals surface area contributed by atoms with Crippen LogP contribution in [-0.4, -0.2) is 33.1 Å². The number of aromatic nitrogens is 3. The van der Waals surface area contributed by atoms with Crippen LogP contribution in [0.1, 0.15) is 18.5 Å². The first kappa shape index (κ1) is 17.9. The van der Waals surface area contributed by atoms with Crippen molar-refractivity contribution in [1.29, 1.82) is 0 Å². The zero-order chi connectivity index (χ0) is 19.4. The third kappa shape index (κ3) is 2.98. The fourth-order valence-electron chi connectivity index (χ4n) is 3.18. The molecule has 1 amide bonds. The fourth-order valence-corrected chi connectivity index (χ4v) is 3.89. The number of aryl methyl sites for hydroxylation is 1. The zero-order valence-corrected chi connectivity index (χ0v) is 15.0. The van der Waals surface area contributed by atoms with Crippen LogP contribution < -0.4 is 11.1 Å². The molecule has 27 heavy (non-hydrogen) atoms. The van der Waals surface area contributed by atoms with Gasteiger partial charge in [-0.1, -0.05) is 0 Å². The van der Waals surface area contributed by atoms with Crippen LogP contribution in [-0.2, 0) is 4.79 Å². The molecule has 0 radical (unpaired) electrons. The molecule has 4 N–H and O–H groups in total. The normalized spacial score (nSPS) is 17.1. The molecule has 0 saturated heterocycles. The third-order valence-electron chi connectivity index (χ3n) is 4.91. The molecule has 0 aliphatic heterocycles. The summed E-state index contributed by atoms with van der Waals surface area (Å²) in [7, 11) is 0. The number of pyridine rings is 1. The summed E-state index contributed by atoms with van der Waals surface area (Å²) in [6, 6.07) is 2.08. The minimum Gasteiger partial charge on any atom is -0.344 e. The van der Waals surface area contributed by atoms with Crippen LogP contribution in [0.4, 0.5) is 18.3 Å². The fraction of sp³-hybridized carbons (Fsp3) is 0.353. The molecule has 1 aliphatic carbocycles. The molecule has 0 spiro atoms. The molecule has 1 saturated carbocycles. The van der Waals surface area contributed by atoms with Gasteiger partial charge >= 0.3 is 6.18 Å². The Labute approximate surface area is 156 Å². The standard InChI is InChI=1S/C17H16F3N5OS/c1-8-6-10-9(2-5-22-13(10)23-8)11-7-27-15(24-11)25-14(26)12(21)16(3-4-16)17(18,19)20/h2,5-7,12H,3-4,21H2,1H3,(H,22,23)(H,24,25,26). The number of aromatic amines is 1. The van der Waals surface area contributed by atoms with E-state index in [1.54, 1.807) is 17.6 Å². The number of carbonyl (C=O) groups excluding carboxylic acids is 1. The molecular formula is C17H16F3N5OS. The summed E-state index contributed by atoms with van der Waals surface area (Å²) in [6.45, 7) is 1.91. The number of amides is 1. The van der Waals surface area contributed by atoms with E-state index in [2.05, 4.69) is 20.3 Å². The minimum absolute atomic E-state index is 0.129. The van der Waals surface area contributed by atoms with Crippen molar-refractivity contribution in [3.63, 3.8) is 0 Å². The predicted octanol–water partition coefficient (Wildman–Crippen LogP) is 3.60. The second-order valence-electron chi connectivity index (χ2n) is 6.73. The molecule has 142 valence electrons. The molecule has 0 bridgehead atoms. The molecule has 3 heterocycles. The van der Waals surface area contributed by atoms with Gasteiger partial charge in [0.2, 0.25) is 5.91 Å². The van der Waals surface area contributed by atoms with E-state index in [4.69, 9.17) is 5.73 Å². The van der Waals surface area contributed by atoms with E-state index in [1.807, 2.05) is 13.0 Å². The number of carbonyl (C=O) groups is 1. The smallest absolute Gasteiger partial charge is 0.344 e. The Morgan fingerprint density at radius 3 is 2.85 bits per heavy atom. The monoisotopic (exact) mass is 395 g/mol. The lowest BCUT2D eigenvalue weighted by atomic mass is 9.96. The Hall–Kier alpha value is -2.46. The number of thiazole rings is 1. The molecule has 4 rings (SSSR count). The summed E-state index contributed by atoms with van der Waals surface area (Å²) in [5.74, 6) is -0.872. The molecule has 1 unspecified atom stereocenters. The Morgan fingerprint density at radius 1 is 1.44 bits per heavy atom. The summed E-state index contributed by atoms with van der Waals surface area (Å²) < 4.78 is 39.4. The highest BCUT2D eigenvalue weighted by molar-refractivity contribution is 7.14. The lowest BCUT2D eigenvalue weighted by Gasteiger charge is -2.24. The minimum atomic E-state index is -4.49. The predicted molar refractivity (Wildman–Crippen MR) is 96.3 cm³/mol. The van der Waals surface area contributed by atoms with Gasteiger partial charge in [-0.3, -0.25) is 4.79 Å². The summed E-state index contributed by atoms with van der Waals surface area (Å²) in [5.41, 5.74) is 6.59. The number of anilines is 1. The Kier molecular flexibility index (Phi) is 4.00. The van der Waals surface area contributed by atoms with Crippen LogP contribution >= 0.6 is 11.3 Å². The van der Waals surface area contributed by atoms with Gasteiger partial charge in [0.15, 0.2) is 5.13 Å². The van der Waals surface area contributed by atoms with Crippen molar-refractivity contribution in [2.24, 2.45) is 11.1 Å². The Morgan fingerprint density at radius 2 is 2.19 bits per heavy atom. The van der Waals surface area contributed by atoms with Crippen LogP contribution in [0.15, 0.2) is 23.7 Å². The van der Waals surface area contributed by atoms with E-state index in [0.29, 0.717) is 11.3 Å². The molecule has 1 aliphatic rings. The van der Waals surface area contributed by atoms with Gasteiger partial charge in [-0.2, -0.15) is 13.2 Å². The highest BCUT2D eigenvalue weighted by Gasteiger charge is 2.68. The highest BCUT2D eigenvalue weighted by Crippen LogP contribution is 2.59. The first-order valence-corrected chi connectivity index (χ1v) is 9.13. The number of halogens is 3. The van der Waals surface area contributed by atoms with E-state index in [1.165, 1.54) is 0 Å². The van der Waals surface area contributed by atoms with Gasteiger partial charge in [0.1, 0.15) is 5.65 Å². The van der Waals surface area contributed by atoms with Crippen LogP contribution in [0.5, 0.6) is 0 Å². The number of alkyl halides is 3. The zero-order valence-electron chi connectivity index (χ0n) is 14.2. The van der Waals surface area contributed by atoms with E-state index in [9.17, 15) is 18.0 Å². The largest absolute Gasteiger partial charge is 0.396 e. The molecule has 3 aromatic rings. The lowest BCUT2D eigenvalue weighted by molar-refractivity contribution is -0.193. The van der Waals surface area contributed by atoms with Crippen LogP contribution in [0.2, 0.25) is 0 Å². The SMILES string of the molecule is Cc1cc2c(-c3csc(NC(=O)C(N)C4(C(F)(F)F)CC4)n3)ccnc2[nH]1. The van der Waals surface area contributed by atoms with E-state index in [-0.39, 0.29) is 18.0 Å². The van der Waals surface area contributed by atoms with Crippen molar-refractivity contribution in [1.82, 2.24) is 15.0 Å². The number of nitrogens with one attached hydrogen (secondary N) is 2. The van der Waals surface area contributed by atoms with Crippen molar-refractivity contribution < 1.29 is 18.0 Å². The summed E-state index contributed by atoms with van der Waals surface area (Å²) in [6.07, 6.45) is -3.11. The summed E-state index contributed by atoms with van der Waals surface area (Å²) in [5, 5.41) is 5.24. The number of hydrogen-bond acceptors (Lipinski definition) is 5. The molecule has 0 aromatic carbocycles. The van der Waals surface area contributed by atoms with Gasteiger partial charge in [-0.25, -0.2) is 9.97 Å². The van der Waals surface area contributed by atoms with Gasteiger partial charge in [0, 0.05) is 28.2 Å². The van der Waals surface area contributed by atoms with Gasteiger partial charge in [-0.05, 0) is 31.9 Å². The molecule has 1 fully saturated rings. The Balaban J connectivity index is 1.56. The van der Waals surface area contributed by atoms with E-state index in [0.717, 1.165) is 28.0 Å². The second-order valence-corrected chi connectivity index (χ2v) is 7.59. The van der Waals surface area contributed by atoms with Crippen molar-refractivity contribution in [3.8, 4) is 11.3 Å². The van der Waals surface area contributed by atoms with Crippen LogP contribution in [0.25, 0.3) is 22.3 Å². The highest BCUT2D eigenvalue weighted by atomic mass is 32.1. The average Bonchev–Trinajstić information content (AvgIpc) is 3.16. The van der Waals surface area contributed by atoms with Crippen molar-refractivity contribution in [3.05, 3.63) is 29.4 Å². The quantitative estimate of drug-likeness (QED) is 0.629. The average molecular weight is 395 g/mol. The maximum absolute atomic E-state index is 13.1. The molecule has 1 atom stereocenters. The topological polar surface area (TPSA) is 96.7 Å². The molecular weight excluding hydrogens is 379 g/mol. The maximum atomic E-state index is 13.1. The first-order chi connectivity index (χ1) is 12.7. The van der Waals surface area contributed by atoms with Gasteiger partial charge < -0.3 is 16.0 Å². The van der Waals surface area contributed by atoms with Crippen molar-refractivity contribution in [2.45, 2.75) is 32.0 Å².